The molecule has 2 fully saturated rings. The monoisotopic (exact) mass is 389 g/mol. The van der Waals surface area contributed by atoms with Crippen LogP contribution in [0.4, 0.5) is 0 Å². The number of piperazine rings is 1. The van der Waals surface area contributed by atoms with Crippen LogP contribution >= 0.6 is 11.6 Å². The summed E-state index contributed by atoms with van der Waals surface area (Å²) in [5.74, 6) is 0.226. The van der Waals surface area contributed by atoms with Crippen LogP contribution in [0.15, 0.2) is 30.3 Å². The second-order valence-electron chi connectivity index (χ2n) is 7.25. The van der Waals surface area contributed by atoms with Crippen molar-refractivity contribution in [1.29, 1.82) is 0 Å². The van der Waals surface area contributed by atoms with E-state index in [0.717, 1.165) is 44.6 Å². The first-order valence-electron chi connectivity index (χ1n) is 9.85. The van der Waals surface area contributed by atoms with E-state index in [2.05, 4.69) is 4.90 Å². The van der Waals surface area contributed by atoms with Gasteiger partial charge in [-0.05, 0) is 30.5 Å². The molecule has 2 aliphatic rings. The zero-order valence-electron chi connectivity index (χ0n) is 15.8. The Morgan fingerprint density at radius 1 is 0.889 bits per heavy atom. The number of amides is 2. The maximum atomic E-state index is 12.5. The number of hydrogen-bond acceptors (Lipinski definition) is 3. The molecular formula is C21H28ClN3O2. The molecule has 1 aromatic rings. The molecular weight excluding hydrogens is 362 g/mol. The Kier molecular flexibility index (Phi) is 7.30. The van der Waals surface area contributed by atoms with E-state index in [1.807, 2.05) is 34.1 Å². The predicted molar refractivity (Wildman–Crippen MR) is 109 cm³/mol. The molecule has 27 heavy (non-hydrogen) atoms. The van der Waals surface area contributed by atoms with Gasteiger partial charge in [-0.3, -0.25) is 14.5 Å². The lowest BCUT2D eigenvalue weighted by Crippen LogP contribution is -2.51. The lowest BCUT2D eigenvalue weighted by Gasteiger charge is -2.34. The summed E-state index contributed by atoms with van der Waals surface area (Å²) in [6.45, 7) is 5.04. The molecule has 0 unspecified atom stereocenters. The molecule has 0 radical (unpaired) electrons. The number of rotatable bonds is 4. The number of carbonyl (C=O) groups is 2. The van der Waals surface area contributed by atoms with Crippen LogP contribution in [0.3, 0.4) is 0 Å². The second kappa shape index (κ2) is 9.90. The van der Waals surface area contributed by atoms with Crippen LogP contribution in [-0.2, 0) is 9.59 Å². The van der Waals surface area contributed by atoms with E-state index in [9.17, 15) is 9.59 Å². The summed E-state index contributed by atoms with van der Waals surface area (Å²) in [6, 6.07) is 7.47. The molecule has 0 aromatic heterocycles. The maximum Gasteiger partial charge on any atom is 0.246 e. The fourth-order valence-electron chi connectivity index (χ4n) is 3.61. The normalized spacial score (nSPS) is 19.3. The average molecular weight is 390 g/mol. The van der Waals surface area contributed by atoms with Crippen molar-refractivity contribution in [3.05, 3.63) is 40.9 Å². The Bertz CT molecular complexity index is 676. The van der Waals surface area contributed by atoms with Gasteiger partial charge in [-0.25, -0.2) is 0 Å². The maximum absolute atomic E-state index is 12.5. The van der Waals surface area contributed by atoms with Gasteiger partial charge >= 0.3 is 0 Å². The third kappa shape index (κ3) is 5.81. The first kappa shape index (κ1) is 19.9. The van der Waals surface area contributed by atoms with E-state index in [-0.39, 0.29) is 11.8 Å². The predicted octanol–water partition coefficient (Wildman–Crippen LogP) is 2.90. The minimum Gasteiger partial charge on any atom is -0.342 e. The van der Waals surface area contributed by atoms with E-state index in [1.165, 1.54) is 12.8 Å². The molecule has 2 heterocycles. The summed E-state index contributed by atoms with van der Waals surface area (Å²) >= 11 is 6.12. The Balaban J connectivity index is 1.45. The zero-order chi connectivity index (χ0) is 19.1. The van der Waals surface area contributed by atoms with Crippen molar-refractivity contribution in [2.45, 2.75) is 25.7 Å². The topological polar surface area (TPSA) is 43.9 Å². The van der Waals surface area contributed by atoms with Gasteiger partial charge in [0.2, 0.25) is 11.8 Å². The number of likely N-dealkylation sites (tertiary alicyclic amines) is 1. The number of nitrogens with zero attached hydrogens (tertiary/aromatic N) is 3. The van der Waals surface area contributed by atoms with Gasteiger partial charge in [0, 0.05) is 50.4 Å². The van der Waals surface area contributed by atoms with Crippen molar-refractivity contribution in [2.24, 2.45) is 0 Å². The smallest absolute Gasteiger partial charge is 0.246 e. The molecule has 0 aliphatic carbocycles. The van der Waals surface area contributed by atoms with E-state index in [1.54, 1.807) is 12.2 Å². The van der Waals surface area contributed by atoms with Gasteiger partial charge in [0.1, 0.15) is 0 Å². The highest BCUT2D eigenvalue weighted by molar-refractivity contribution is 6.32. The average Bonchev–Trinajstić information content (AvgIpc) is 2.97. The number of halogens is 1. The van der Waals surface area contributed by atoms with Crippen LogP contribution in [0.1, 0.15) is 31.2 Å². The fourth-order valence-corrected chi connectivity index (χ4v) is 3.81. The van der Waals surface area contributed by atoms with Crippen LogP contribution in [-0.4, -0.2) is 72.3 Å². The summed E-state index contributed by atoms with van der Waals surface area (Å²) in [6.07, 6.45) is 8.04. The molecule has 3 rings (SSSR count). The highest BCUT2D eigenvalue weighted by Gasteiger charge is 2.23. The molecule has 6 heteroatoms. The third-order valence-corrected chi connectivity index (χ3v) is 5.66. The molecule has 5 nitrogen and oxygen atoms in total. The van der Waals surface area contributed by atoms with Crippen molar-refractivity contribution in [1.82, 2.24) is 14.7 Å². The van der Waals surface area contributed by atoms with Gasteiger partial charge in [-0.15, -0.1) is 0 Å². The highest BCUT2D eigenvalue weighted by Crippen LogP contribution is 2.16. The number of carbonyl (C=O) groups excluding carboxylic acids is 2. The van der Waals surface area contributed by atoms with Crippen LogP contribution < -0.4 is 0 Å². The van der Waals surface area contributed by atoms with Crippen molar-refractivity contribution in [2.75, 3.05) is 45.8 Å². The van der Waals surface area contributed by atoms with Crippen molar-refractivity contribution < 1.29 is 9.59 Å². The molecule has 0 bridgehead atoms. The number of hydrogen-bond donors (Lipinski definition) is 0. The molecule has 0 spiro atoms. The Morgan fingerprint density at radius 3 is 2.22 bits per heavy atom. The van der Waals surface area contributed by atoms with Crippen molar-refractivity contribution in [3.8, 4) is 0 Å². The zero-order valence-corrected chi connectivity index (χ0v) is 16.5. The molecule has 0 N–H and O–H groups in total. The lowest BCUT2D eigenvalue weighted by molar-refractivity contribution is -0.133. The summed E-state index contributed by atoms with van der Waals surface area (Å²) in [7, 11) is 0. The number of benzene rings is 1. The first-order valence-corrected chi connectivity index (χ1v) is 10.2. The van der Waals surface area contributed by atoms with Gasteiger partial charge in [0.15, 0.2) is 0 Å². The van der Waals surface area contributed by atoms with Gasteiger partial charge in [0.05, 0.1) is 6.54 Å². The summed E-state index contributed by atoms with van der Waals surface area (Å²) in [5, 5.41) is 0.637. The minimum absolute atomic E-state index is 0.00610. The Labute approximate surface area is 166 Å². The largest absolute Gasteiger partial charge is 0.342 e. The second-order valence-corrected chi connectivity index (χ2v) is 7.66. The van der Waals surface area contributed by atoms with Gasteiger partial charge in [-0.1, -0.05) is 42.6 Å². The molecule has 2 saturated heterocycles. The van der Waals surface area contributed by atoms with Gasteiger partial charge in [0.25, 0.3) is 0 Å². The summed E-state index contributed by atoms with van der Waals surface area (Å²) in [5.41, 5.74) is 0.842. The lowest BCUT2D eigenvalue weighted by atomic mass is 10.2. The van der Waals surface area contributed by atoms with Crippen molar-refractivity contribution in [3.63, 3.8) is 0 Å². The SMILES string of the molecule is O=C(C=Cc1ccccc1Cl)N1CCN(CC(=O)N2CCCCCC2)CC1. The van der Waals surface area contributed by atoms with E-state index < -0.39 is 0 Å². The minimum atomic E-state index is -0.00610. The Hall–Kier alpha value is -1.85. The highest BCUT2D eigenvalue weighted by atomic mass is 35.5. The van der Waals surface area contributed by atoms with Gasteiger partial charge in [-0.2, -0.15) is 0 Å². The fraction of sp³-hybridized carbons (Fsp3) is 0.524. The first-order chi connectivity index (χ1) is 13.1. The van der Waals surface area contributed by atoms with Crippen LogP contribution in [0, 0.1) is 0 Å². The molecule has 1 aromatic carbocycles. The molecule has 2 amide bonds. The van der Waals surface area contributed by atoms with E-state index in [0.29, 0.717) is 24.7 Å². The standard InChI is InChI=1S/C21H28ClN3O2/c22-19-8-4-3-7-18(19)9-10-20(26)25-15-13-23(14-16-25)17-21(27)24-11-5-1-2-6-12-24/h3-4,7-10H,1-2,5-6,11-17H2. The molecule has 2 aliphatic heterocycles. The quantitative estimate of drug-likeness (QED) is 0.744. The van der Waals surface area contributed by atoms with Crippen LogP contribution in [0.5, 0.6) is 0 Å². The molecule has 0 atom stereocenters. The van der Waals surface area contributed by atoms with Crippen molar-refractivity contribution >= 4 is 29.5 Å². The van der Waals surface area contributed by atoms with E-state index in [4.69, 9.17) is 11.6 Å². The van der Waals surface area contributed by atoms with E-state index >= 15 is 0 Å². The summed E-state index contributed by atoms with van der Waals surface area (Å²) < 4.78 is 0. The van der Waals surface area contributed by atoms with Crippen LogP contribution in [0.2, 0.25) is 5.02 Å². The Morgan fingerprint density at radius 2 is 1.56 bits per heavy atom. The third-order valence-electron chi connectivity index (χ3n) is 5.31. The molecule has 146 valence electrons. The molecule has 0 saturated carbocycles. The summed E-state index contributed by atoms with van der Waals surface area (Å²) in [4.78, 5) is 30.9. The van der Waals surface area contributed by atoms with Gasteiger partial charge < -0.3 is 9.80 Å². The van der Waals surface area contributed by atoms with Crippen LogP contribution in [0.25, 0.3) is 6.08 Å².